The van der Waals surface area contributed by atoms with Gasteiger partial charge in [-0.25, -0.2) is 0 Å². The molecule has 0 radical (unpaired) electrons. The molecule has 1 unspecified atom stereocenters. The van der Waals surface area contributed by atoms with E-state index >= 15 is 0 Å². The molecular formula is C14H18N2O2S. The van der Waals surface area contributed by atoms with Crippen molar-refractivity contribution in [3.63, 3.8) is 0 Å². The smallest absolute Gasteiger partial charge is 0.119 e. The van der Waals surface area contributed by atoms with Crippen LogP contribution in [0.1, 0.15) is 35.6 Å². The number of aryl methyl sites for hydroxylation is 1. The summed E-state index contributed by atoms with van der Waals surface area (Å²) in [6, 6.07) is 7.75. The number of aromatic nitrogens is 2. The van der Waals surface area contributed by atoms with E-state index in [2.05, 4.69) is 16.5 Å². The first-order valence-electron chi connectivity index (χ1n) is 6.36. The lowest BCUT2D eigenvalue weighted by molar-refractivity contribution is 0.181. The highest BCUT2D eigenvalue weighted by Crippen LogP contribution is 2.26. The van der Waals surface area contributed by atoms with Crippen molar-refractivity contribution in [3.8, 4) is 5.75 Å². The fourth-order valence-corrected chi connectivity index (χ4v) is 2.67. The Hall–Kier alpha value is -1.46. The number of rotatable bonds is 6. The molecule has 2 rings (SSSR count). The van der Waals surface area contributed by atoms with Crippen molar-refractivity contribution in [2.45, 2.75) is 32.3 Å². The lowest BCUT2D eigenvalue weighted by atomic mass is 10.0. The Morgan fingerprint density at radius 2 is 2.26 bits per heavy atom. The van der Waals surface area contributed by atoms with Gasteiger partial charge in [0, 0.05) is 6.42 Å². The Labute approximate surface area is 117 Å². The highest BCUT2D eigenvalue weighted by Gasteiger charge is 2.17. The lowest BCUT2D eigenvalue weighted by Gasteiger charge is -2.10. The topological polar surface area (TPSA) is 55.2 Å². The molecule has 4 nitrogen and oxygen atoms in total. The summed E-state index contributed by atoms with van der Waals surface area (Å²) in [6.45, 7) is 2.09. The highest BCUT2D eigenvalue weighted by atomic mass is 32.1. The first-order valence-corrected chi connectivity index (χ1v) is 7.14. The molecule has 19 heavy (non-hydrogen) atoms. The van der Waals surface area contributed by atoms with Crippen LogP contribution in [0.5, 0.6) is 5.75 Å². The monoisotopic (exact) mass is 278 g/mol. The normalized spacial score (nSPS) is 12.4. The van der Waals surface area contributed by atoms with Crippen molar-refractivity contribution in [3.05, 3.63) is 40.4 Å². The number of ether oxygens (including phenoxy) is 1. The van der Waals surface area contributed by atoms with Gasteiger partial charge in [0.1, 0.15) is 5.75 Å². The summed E-state index contributed by atoms with van der Waals surface area (Å²) in [7, 11) is 1.64. The molecule has 0 amide bonds. The molecule has 0 bridgehead atoms. The van der Waals surface area contributed by atoms with Gasteiger partial charge in [-0.1, -0.05) is 30.0 Å². The van der Waals surface area contributed by atoms with Gasteiger partial charge in [0.25, 0.3) is 0 Å². The van der Waals surface area contributed by atoms with E-state index in [1.54, 1.807) is 7.11 Å². The van der Waals surface area contributed by atoms with E-state index < -0.39 is 6.10 Å². The molecule has 5 heteroatoms. The molecule has 2 aromatic rings. The van der Waals surface area contributed by atoms with Gasteiger partial charge in [-0.2, -0.15) is 0 Å². The SMILES string of the molecule is CCCc1nnsc1C(O)Cc1cccc(OC)c1. The summed E-state index contributed by atoms with van der Waals surface area (Å²) < 4.78 is 9.13. The molecule has 0 aliphatic rings. The molecule has 1 atom stereocenters. The maximum atomic E-state index is 10.3. The van der Waals surface area contributed by atoms with Crippen LogP contribution in [0.2, 0.25) is 0 Å². The summed E-state index contributed by atoms with van der Waals surface area (Å²) in [5.41, 5.74) is 1.96. The quantitative estimate of drug-likeness (QED) is 0.882. The Bertz CT molecular complexity index is 528. The van der Waals surface area contributed by atoms with E-state index in [0.717, 1.165) is 34.7 Å². The summed E-state index contributed by atoms with van der Waals surface area (Å²) in [6.07, 6.45) is 1.87. The molecule has 1 aromatic heterocycles. The zero-order chi connectivity index (χ0) is 13.7. The first-order chi connectivity index (χ1) is 9.24. The predicted molar refractivity (Wildman–Crippen MR) is 75.6 cm³/mol. The molecule has 0 saturated carbocycles. The summed E-state index contributed by atoms with van der Waals surface area (Å²) in [5, 5.41) is 14.4. The zero-order valence-electron chi connectivity index (χ0n) is 11.2. The van der Waals surface area contributed by atoms with Crippen molar-refractivity contribution in [2.24, 2.45) is 0 Å². The average molecular weight is 278 g/mol. The minimum Gasteiger partial charge on any atom is -0.497 e. The second-order valence-electron chi connectivity index (χ2n) is 4.41. The van der Waals surface area contributed by atoms with Crippen LogP contribution < -0.4 is 4.74 Å². The van der Waals surface area contributed by atoms with Crippen LogP contribution in [-0.2, 0) is 12.8 Å². The Kier molecular flexibility index (Phi) is 4.87. The third-order valence-electron chi connectivity index (χ3n) is 2.94. The zero-order valence-corrected chi connectivity index (χ0v) is 12.0. The van der Waals surface area contributed by atoms with Crippen molar-refractivity contribution in [2.75, 3.05) is 7.11 Å². The molecule has 1 N–H and O–H groups in total. The van der Waals surface area contributed by atoms with Gasteiger partial charge in [-0.05, 0) is 35.6 Å². The molecule has 1 heterocycles. The minimum absolute atomic E-state index is 0.548. The van der Waals surface area contributed by atoms with E-state index in [1.807, 2.05) is 24.3 Å². The van der Waals surface area contributed by atoms with Gasteiger partial charge in [-0.15, -0.1) is 5.10 Å². The van der Waals surface area contributed by atoms with Crippen molar-refractivity contribution >= 4 is 11.5 Å². The largest absolute Gasteiger partial charge is 0.497 e. The van der Waals surface area contributed by atoms with E-state index in [9.17, 15) is 5.11 Å². The van der Waals surface area contributed by atoms with Gasteiger partial charge in [-0.3, -0.25) is 0 Å². The number of nitrogens with zero attached hydrogens (tertiary/aromatic N) is 2. The fraction of sp³-hybridized carbons (Fsp3) is 0.429. The molecule has 0 aliphatic heterocycles. The number of hydrogen-bond donors (Lipinski definition) is 1. The molecule has 0 aliphatic carbocycles. The van der Waals surface area contributed by atoms with Crippen LogP contribution in [0, 0.1) is 0 Å². The standard InChI is InChI=1S/C14H18N2O2S/c1-3-5-12-14(19-16-15-12)13(17)9-10-6-4-7-11(8-10)18-2/h4,6-8,13,17H,3,5,9H2,1-2H3. The van der Waals surface area contributed by atoms with Crippen molar-refractivity contribution in [1.29, 1.82) is 0 Å². The summed E-state index contributed by atoms with van der Waals surface area (Å²) in [5.74, 6) is 0.806. The molecule has 0 saturated heterocycles. The van der Waals surface area contributed by atoms with Gasteiger partial charge in [0.05, 0.1) is 23.8 Å². The summed E-state index contributed by atoms with van der Waals surface area (Å²) >= 11 is 1.28. The number of benzene rings is 1. The molecule has 1 aromatic carbocycles. The first kappa shape index (κ1) is 14.0. The van der Waals surface area contributed by atoms with Gasteiger partial charge >= 0.3 is 0 Å². The Morgan fingerprint density at radius 1 is 1.42 bits per heavy atom. The van der Waals surface area contributed by atoms with Crippen LogP contribution in [-0.4, -0.2) is 21.8 Å². The predicted octanol–water partition coefficient (Wildman–Crippen LogP) is 2.78. The van der Waals surface area contributed by atoms with Gasteiger partial charge in [0.15, 0.2) is 0 Å². The highest BCUT2D eigenvalue weighted by molar-refractivity contribution is 7.05. The summed E-state index contributed by atoms with van der Waals surface area (Å²) in [4.78, 5) is 0.879. The molecule has 102 valence electrons. The fourth-order valence-electron chi connectivity index (χ4n) is 1.99. The van der Waals surface area contributed by atoms with Gasteiger partial charge < -0.3 is 9.84 Å². The minimum atomic E-state index is -0.548. The van der Waals surface area contributed by atoms with Gasteiger partial charge in [0.2, 0.25) is 0 Å². The molecule has 0 fully saturated rings. The second kappa shape index (κ2) is 6.63. The Balaban J connectivity index is 2.11. The third kappa shape index (κ3) is 3.52. The van der Waals surface area contributed by atoms with Crippen LogP contribution in [0.4, 0.5) is 0 Å². The third-order valence-corrected chi connectivity index (χ3v) is 3.81. The molecule has 0 spiro atoms. The van der Waals surface area contributed by atoms with E-state index in [0.29, 0.717) is 6.42 Å². The number of methoxy groups -OCH3 is 1. The maximum Gasteiger partial charge on any atom is 0.119 e. The Morgan fingerprint density at radius 3 is 3.00 bits per heavy atom. The lowest BCUT2D eigenvalue weighted by Crippen LogP contribution is -2.03. The van der Waals surface area contributed by atoms with Crippen LogP contribution in [0.3, 0.4) is 0 Å². The molecular weight excluding hydrogens is 260 g/mol. The van der Waals surface area contributed by atoms with E-state index in [-0.39, 0.29) is 0 Å². The number of aliphatic hydroxyl groups excluding tert-OH is 1. The van der Waals surface area contributed by atoms with Crippen molar-refractivity contribution < 1.29 is 9.84 Å². The average Bonchev–Trinajstić information content (AvgIpc) is 2.88. The van der Waals surface area contributed by atoms with Crippen molar-refractivity contribution in [1.82, 2.24) is 9.59 Å². The van der Waals surface area contributed by atoms with Crippen LogP contribution in [0.15, 0.2) is 24.3 Å². The number of aliphatic hydroxyl groups is 1. The van der Waals surface area contributed by atoms with Crippen LogP contribution in [0.25, 0.3) is 0 Å². The number of hydrogen-bond acceptors (Lipinski definition) is 5. The van der Waals surface area contributed by atoms with E-state index in [4.69, 9.17) is 4.74 Å². The maximum absolute atomic E-state index is 10.3. The second-order valence-corrected chi connectivity index (χ2v) is 5.19. The van der Waals surface area contributed by atoms with E-state index in [1.165, 1.54) is 11.5 Å². The van der Waals surface area contributed by atoms with Crippen LogP contribution >= 0.6 is 11.5 Å².